The summed E-state index contributed by atoms with van der Waals surface area (Å²) < 4.78 is 6.18. The second-order valence-corrected chi connectivity index (χ2v) is 11.5. The van der Waals surface area contributed by atoms with Crippen LogP contribution in [0.5, 0.6) is 0 Å². The Balaban J connectivity index is 1.45. The lowest BCUT2D eigenvalue weighted by atomic mass is 9.87. The van der Waals surface area contributed by atoms with E-state index in [1.807, 2.05) is 18.2 Å². The number of fused-ring (bicyclic) bond motifs is 1. The molecule has 0 bridgehead atoms. The summed E-state index contributed by atoms with van der Waals surface area (Å²) in [6.07, 6.45) is 0.550. The topological polar surface area (TPSA) is 66.9 Å². The molecule has 2 aromatic rings. The van der Waals surface area contributed by atoms with Crippen LogP contribution < -0.4 is 0 Å². The minimum absolute atomic E-state index is 0.0443. The van der Waals surface area contributed by atoms with Crippen LogP contribution in [0.4, 0.5) is 0 Å². The Morgan fingerprint density at radius 1 is 1.00 bits per heavy atom. The van der Waals surface area contributed by atoms with Crippen molar-refractivity contribution in [2.75, 3.05) is 13.1 Å². The second kappa shape index (κ2) is 10.6. The number of ketones is 1. The van der Waals surface area contributed by atoms with E-state index in [9.17, 15) is 14.4 Å². The smallest absolute Gasteiger partial charge is 0.254 e. The number of carbonyl (C=O) groups is 3. The third-order valence-corrected chi connectivity index (χ3v) is 7.22. The largest absolute Gasteiger partial charge is 0.364 e. The first-order chi connectivity index (χ1) is 17.1. The number of rotatable bonds is 7. The number of hydrogen-bond donors (Lipinski definition) is 0. The quantitative estimate of drug-likeness (QED) is 0.569. The Bertz CT molecular complexity index is 1090. The van der Waals surface area contributed by atoms with E-state index in [-0.39, 0.29) is 41.5 Å². The number of ether oxygens (including phenoxy) is 1. The fourth-order valence-electron chi connectivity index (χ4n) is 5.24. The van der Waals surface area contributed by atoms with Crippen LogP contribution in [0.15, 0.2) is 54.6 Å². The fraction of sp³-hybridized carbons (Fsp3) is 0.500. The molecule has 6 nitrogen and oxygen atoms in total. The Morgan fingerprint density at radius 2 is 1.67 bits per heavy atom. The Labute approximate surface area is 214 Å². The normalized spacial score (nSPS) is 20.7. The van der Waals surface area contributed by atoms with Crippen molar-refractivity contribution in [1.29, 1.82) is 0 Å². The van der Waals surface area contributed by atoms with Crippen LogP contribution in [0.1, 0.15) is 68.9 Å². The van der Waals surface area contributed by atoms with Gasteiger partial charge in [-0.1, -0.05) is 77.1 Å². The second-order valence-electron chi connectivity index (χ2n) is 11.5. The lowest BCUT2D eigenvalue weighted by molar-refractivity contribution is -0.148. The number of hydrogen-bond acceptors (Lipinski definition) is 4. The summed E-state index contributed by atoms with van der Waals surface area (Å²) in [6.45, 7) is 11.5. The number of Topliss-reactive ketones (excluding diaryl/α,β-unsaturated/α-hetero) is 1. The third kappa shape index (κ3) is 5.54. The Kier molecular flexibility index (Phi) is 7.65. The molecule has 2 heterocycles. The summed E-state index contributed by atoms with van der Waals surface area (Å²) >= 11 is 0. The van der Waals surface area contributed by atoms with Crippen molar-refractivity contribution in [2.45, 2.75) is 77.7 Å². The molecule has 2 aliphatic rings. The van der Waals surface area contributed by atoms with E-state index in [0.29, 0.717) is 31.6 Å². The van der Waals surface area contributed by atoms with Crippen LogP contribution in [0.2, 0.25) is 0 Å². The van der Waals surface area contributed by atoms with Crippen LogP contribution in [-0.2, 0) is 26.3 Å². The molecule has 0 aliphatic carbocycles. The highest BCUT2D eigenvalue weighted by atomic mass is 16.5. The summed E-state index contributed by atoms with van der Waals surface area (Å²) in [5.74, 6) is -0.114. The van der Waals surface area contributed by atoms with Crippen LogP contribution in [0.25, 0.3) is 0 Å². The van der Waals surface area contributed by atoms with Crippen LogP contribution in [0.3, 0.4) is 0 Å². The Morgan fingerprint density at radius 3 is 2.28 bits per heavy atom. The van der Waals surface area contributed by atoms with Gasteiger partial charge in [-0.2, -0.15) is 0 Å². The molecule has 0 spiro atoms. The van der Waals surface area contributed by atoms with Gasteiger partial charge in [0.2, 0.25) is 0 Å². The fourth-order valence-corrected chi connectivity index (χ4v) is 5.24. The van der Waals surface area contributed by atoms with Gasteiger partial charge in [0.15, 0.2) is 5.78 Å². The van der Waals surface area contributed by atoms with Gasteiger partial charge in [0.05, 0.1) is 19.2 Å². The van der Waals surface area contributed by atoms with Gasteiger partial charge in [-0.15, -0.1) is 0 Å². The zero-order chi connectivity index (χ0) is 26.0. The van der Waals surface area contributed by atoms with Gasteiger partial charge in [0, 0.05) is 12.1 Å². The molecule has 0 radical (unpaired) electrons. The van der Waals surface area contributed by atoms with Crippen molar-refractivity contribution >= 4 is 17.6 Å². The summed E-state index contributed by atoms with van der Waals surface area (Å²) in [4.78, 5) is 43.1. The van der Waals surface area contributed by atoms with Crippen molar-refractivity contribution in [3.8, 4) is 0 Å². The van der Waals surface area contributed by atoms with E-state index in [0.717, 1.165) is 5.56 Å². The lowest BCUT2D eigenvalue weighted by Crippen LogP contribution is -2.48. The zero-order valence-electron chi connectivity index (χ0n) is 22.1. The molecule has 2 aromatic carbocycles. The summed E-state index contributed by atoms with van der Waals surface area (Å²) in [6, 6.07) is 16.5. The monoisotopic (exact) mass is 490 g/mol. The SMILES string of the molecule is CC(C)C[C@@H](OCc1ccc(C(C)(C)C)cc1)C(=O)N1CCC2C1C(=O)CN2C(=O)c1ccccc1. The van der Waals surface area contributed by atoms with Gasteiger partial charge in [-0.3, -0.25) is 14.4 Å². The molecule has 36 heavy (non-hydrogen) atoms. The molecule has 0 aromatic heterocycles. The molecule has 0 saturated carbocycles. The molecule has 6 heteroatoms. The molecule has 2 amide bonds. The number of nitrogens with zero attached hydrogens (tertiary/aromatic N) is 2. The van der Waals surface area contributed by atoms with E-state index in [1.54, 1.807) is 21.9 Å². The third-order valence-electron chi connectivity index (χ3n) is 7.22. The molecule has 0 N–H and O–H groups in total. The maximum atomic E-state index is 13.7. The molecular formula is C30H38N2O4. The average Bonchev–Trinajstić information content (AvgIpc) is 3.42. The van der Waals surface area contributed by atoms with Crippen LogP contribution >= 0.6 is 0 Å². The lowest BCUT2D eigenvalue weighted by Gasteiger charge is -2.28. The van der Waals surface area contributed by atoms with Crippen molar-refractivity contribution in [1.82, 2.24) is 9.80 Å². The zero-order valence-corrected chi connectivity index (χ0v) is 22.1. The van der Waals surface area contributed by atoms with Gasteiger partial charge >= 0.3 is 0 Å². The maximum absolute atomic E-state index is 13.7. The van der Waals surface area contributed by atoms with Gasteiger partial charge in [0.25, 0.3) is 11.8 Å². The molecule has 2 fully saturated rings. The van der Waals surface area contributed by atoms with Crippen molar-refractivity contribution in [3.63, 3.8) is 0 Å². The standard InChI is InChI=1S/C30H38N2O4/c1-20(2)17-26(36-19-21-11-13-23(14-12-21)30(3,4)5)29(35)31-16-15-24-27(31)25(33)18-32(24)28(34)22-9-7-6-8-10-22/h6-14,20,24,26-27H,15-19H2,1-5H3/t24?,26-,27?/m1/s1. The van der Waals surface area contributed by atoms with Crippen molar-refractivity contribution < 1.29 is 19.1 Å². The Hall–Kier alpha value is -2.99. The van der Waals surface area contributed by atoms with E-state index in [2.05, 4.69) is 58.9 Å². The summed E-state index contributed by atoms with van der Waals surface area (Å²) in [7, 11) is 0. The van der Waals surface area contributed by atoms with Crippen LogP contribution in [-0.4, -0.2) is 58.7 Å². The predicted octanol–water partition coefficient (Wildman–Crippen LogP) is 4.61. The number of carbonyl (C=O) groups excluding carboxylic acids is 3. The van der Waals surface area contributed by atoms with Gasteiger partial charge in [-0.05, 0) is 47.4 Å². The van der Waals surface area contributed by atoms with E-state index in [1.165, 1.54) is 5.56 Å². The maximum Gasteiger partial charge on any atom is 0.254 e. The van der Waals surface area contributed by atoms with Crippen molar-refractivity contribution in [2.24, 2.45) is 5.92 Å². The number of amides is 2. The molecule has 3 atom stereocenters. The first-order valence-electron chi connectivity index (χ1n) is 13.0. The highest BCUT2D eigenvalue weighted by Crippen LogP contribution is 2.32. The number of likely N-dealkylation sites (tertiary alicyclic amines) is 2. The van der Waals surface area contributed by atoms with E-state index >= 15 is 0 Å². The summed E-state index contributed by atoms with van der Waals surface area (Å²) in [5.41, 5.74) is 2.90. The molecule has 4 rings (SSSR count). The van der Waals surface area contributed by atoms with E-state index < -0.39 is 12.1 Å². The minimum atomic E-state index is -0.627. The highest BCUT2D eigenvalue weighted by molar-refractivity contribution is 6.02. The van der Waals surface area contributed by atoms with Gasteiger partial charge < -0.3 is 14.5 Å². The summed E-state index contributed by atoms with van der Waals surface area (Å²) in [5, 5.41) is 0. The molecule has 2 aliphatic heterocycles. The molecule has 2 unspecified atom stereocenters. The predicted molar refractivity (Wildman–Crippen MR) is 140 cm³/mol. The molecular weight excluding hydrogens is 452 g/mol. The minimum Gasteiger partial charge on any atom is -0.364 e. The number of benzene rings is 2. The molecule has 2 saturated heterocycles. The van der Waals surface area contributed by atoms with Crippen LogP contribution in [0, 0.1) is 5.92 Å². The molecule has 192 valence electrons. The first-order valence-corrected chi connectivity index (χ1v) is 13.0. The first kappa shape index (κ1) is 26.1. The average molecular weight is 491 g/mol. The van der Waals surface area contributed by atoms with E-state index in [4.69, 9.17) is 4.74 Å². The van der Waals surface area contributed by atoms with Crippen molar-refractivity contribution in [3.05, 3.63) is 71.3 Å². The highest BCUT2D eigenvalue weighted by Gasteiger charge is 2.52. The van der Waals surface area contributed by atoms with Gasteiger partial charge in [0.1, 0.15) is 12.1 Å². The van der Waals surface area contributed by atoms with Gasteiger partial charge in [-0.25, -0.2) is 0 Å².